The Kier molecular flexibility index (Phi) is 5.28. The monoisotopic (exact) mass is 406 g/mol. The first-order valence-corrected chi connectivity index (χ1v) is 10.2. The predicted octanol–water partition coefficient (Wildman–Crippen LogP) is 3.51. The van der Waals surface area contributed by atoms with Crippen LogP contribution >= 0.6 is 0 Å². The summed E-state index contributed by atoms with van der Waals surface area (Å²) in [6, 6.07) is 9.41. The molecule has 3 aromatic heterocycles. The second-order valence-electron chi connectivity index (χ2n) is 8.74. The summed E-state index contributed by atoms with van der Waals surface area (Å²) in [7, 11) is 6.07. The van der Waals surface area contributed by atoms with Crippen molar-refractivity contribution in [3.05, 3.63) is 70.4 Å². The topological polar surface area (TPSA) is 70.7 Å². The molecule has 0 bridgehead atoms. The summed E-state index contributed by atoms with van der Waals surface area (Å²) in [6.07, 6.45) is 5.01. The number of pyridine rings is 3. The molecule has 5 nitrogen and oxygen atoms in total. The molecule has 2 N–H and O–H groups in total. The zero-order valence-corrected chi connectivity index (χ0v) is 18.1. The third-order valence-electron chi connectivity index (χ3n) is 5.51. The van der Waals surface area contributed by atoms with Crippen LogP contribution in [0.5, 0.6) is 0 Å². The summed E-state index contributed by atoms with van der Waals surface area (Å²) in [5.74, 6) is 6.94. The van der Waals surface area contributed by atoms with E-state index in [9.17, 15) is 4.79 Å². The molecule has 6 heteroatoms. The fraction of sp³-hybridized carbons (Fsp3) is 0.240. The molecule has 0 saturated heterocycles. The van der Waals surface area contributed by atoms with Crippen LogP contribution in [-0.2, 0) is 0 Å². The molecule has 152 valence electrons. The Labute approximate surface area is 182 Å². The lowest BCUT2D eigenvalue weighted by molar-refractivity contribution is 0.359. The maximum absolute atomic E-state index is 12.8. The van der Waals surface area contributed by atoms with E-state index in [-0.39, 0.29) is 17.0 Å². The molecule has 0 aliphatic rings. The standard InChI is InChI=1S/C25H23BN4O/c1-15(25(2,3)4)29-23-19-10-9-18(26)12-20(19)21-22(30-23)17(14-28-24(21)31)8-7-16-6-5-11-27-13-16/h5-6,9-15H,1-4H3,(H,28,31)(H,29,30). The number of aromatic amines is 1. The molecular formula is C25H23BN4O. The molecule has 1 aromatic carbocycles. The summed E-state index contributed by atoms with van der Waals surface area (Å²) in [5, 5.41) is 5.61. The highest BCUT2D eigenvalue weighted by Gasteiger charge is 2.22. The van der Waals surface area contributed by atoms with Gasteiger partial charge in [-0.3, -0.25) is 9.78 Å². The molecule has 1 unspecified atom stereocenters. The first-order valence-electron chi connectivity index (χ1n) is 10.2. The first-order chi connectivity index (χ1) is 14.7. The minimum absolute atomic E-state index is 0.0217. The van der Waals surface area contributed by atoms with E-state index >= 15 is 0 Å². The van der Waals surface area contributed by atoms with E-state index in [0.29, 0.717) is 27.7 Å². The molecule has 3 heterocycles. The number of hydrogen-bond donors (Lipinski definition) is 2. The fourth-order valence-electron chi connectivity index (χ4n) is 3.24. The largest absolute Gasteiger partial charge is 0.367 e. The van der Waals surface area contributed by atoms with Gasteiger partial charge < -0.3 is 10.3 Å². The van der Waals surface area contributed by atoms with E-state index in [2.05, 4.69) is 54.8 Å². The van der Waals surface area contributed by atoms with E-state index in [1.807, 2.05) is 30.3 Å². The first kappa shape index (κ1) is 20.7. The maximum Gasteiger partial charge on any atom is 0.258 e. The van der Waals surface area contributed by atoms with Gasteiger partial charge in [0.2, 0.25) is 0 Å². The van der Waals surface area contributed by atoms with E-state index in [4.69, 9.17) is 12.8 Å². The molecule has 4 rings (SSSR count). The highest BCUT2D eigenvalue weighted by Crippen LogP contribution is 2.30. The Morgan fingerprint density at radius 2 is 1.97 bits per heavy atom. The number of rotatable bonds is 2. The average molecular weight is 406 g/mol. The third-order valence-corrected chi connectivity index (χ3v) is 5.51. The van der Waals surface area contributed by atoms with Gasteiger partial charge in [0, 0.05) is 35.6 Å². The van der Waals surface area contributed by atoms with Crippen LogP contribution in [0.3, 0.4) is 0 Å². The SMILES string of the molecule is [B]c1ccc2c(NC(C)C(C)(C)C)nc3c(C#Cc4cccnc4)c[nH]c(=O)c3c2c1. The molecular weight excluding hydrogens is 383 g/mol. The smallest absolute Gasteiger partial charge is 0.258 e. The summed E-state index contributed by atoms with van der Waals surface area (Å²) in [6.45, 7) is 8.63. The molecule has 1 atom stereocenters. The van der Waals surface area contributed by atoms with Crippen molar-refractivity contribution in [3.8, 4) is 11.8 Å². The summed E-state index contributed by atoms with van der Waals surface area (Å²) >= 11 is 0. The van der Waals surface area contributed by atoms with Crippen LogP contribution in [0.2, 0.25) is 0 Å². The van der Waals surface area contributed by atoms with Crippen LogP contribution < -0.4 is 16.3 Å². The minimum Gasteiger partial charge on any atom is -0.367 e. The van der Waals surface area contributed by atoms with Gasteiger partial charge in [-0.1, -0.05) is 56.3 Å². The van der Waals surface area contributed by atoms with E-state index < -0.39 is 0 Å². The number of nitrogens with zero attached hydrogens (tertiary/aromatic N) is 2. The lowest BCUT2D eigenvalue weighted by atomic mass is 9.87. The highest BCUT2D eigenvalue weighted by molar-refractivity contribution is 6.34. The molecule has 0 spiro atoms. The quantitative estimate of drug-likeness (QED) is 0.304. The summed E-state index contributed by atoms with van der Waals surface area (Å²) in [5.41, 5.74) is 2.35. The van der Waals surface area contributed by atoms with Gasteiger partial charge in [0.15, 0.2) is 0 Å². The second kappa shape index (κ2) is 7.92. The lowest BCUT2D eigenvalue weighted by Gasteiger charge is -2.29. The molecule has 0 fully saturated rings. The third kappa shape index (κ3) is 4.17. The van der Waals surface area contributed by atoms with Crippen molar-refractivity contribution >= 4 is 40.8 Å². The van der Waals surface area contributed by atoms with Gasteiger partial charge in [-0.25, -0.2) is 4.98 Å². The normalized spacial score (nSPS) is 12.4. The molecule has 31 heavy (non-hydrogen) atoms. The van der Waals surface area contributed by atoms with Crippen LogP contribution in [-0.4, -0.2) is 28.8 Å². The zero-order valence-electron chi connectivity index (χ0n) is 18.1. The number of benzene rings is 1. The highest BCUT2D eigenvalue weighted by atomic mass is 16.1. The Hall–Kier alpha value is -3.59. The maximum atomic E-state index is 12.8. The average Bonchev–Trinajstić information content (AvgIpc) is 2.73. The van der Waals surface area contributed by atoms with Gasteiger partial charge in [-0.15, -0.1) is 0 Å². The molecule has 0 amide bonds. The van der Waals surface area contributed by atoms with Gasteiger partial charge in [0.1, 0.15) is 13.7 Å². The fourth-order valence-corrected chi connectivity index (χ4v) is 3.24. The second-order valence-corrected chi connectivity index (χ2v) is 8.74. The number of aromatic nitrogens is 3. The molecule has 0 saturated carbocycles. The van der Waals surface area contributed by atoms with Crippen molar-refractivity contribution in [1.82, 2.24) is 15.0 Å². The summed E-state index contributed by atoms with van der Waals surface area (Å²) < 4.78 is 0. The Bertz CT molecular complexity index is 1390. The van der Waals surface area contributed by atoms with Crippen molar-refractivity contribution in [2.45, 2.75) is 33.7 Å². The van der Waals surface area contributed by atoms with Gasteiger partial charge in [-0.2, -0.15) is 0 Å². The molecule has 4 aromatic rings. The van der Waals surface area contributed by atoms with Crippen molar-refractivity contribution in [2.75, 3.05) is 5.32 Å². The minimum atomic E-state index is -0.222. The Balaban J connectivity index is 2.00. The van der Waals surface area contributed by atoms with Crippen LogP contribution in [0.15, 0.2) is 53.7 Å². The van der Waals surface area contributed by atoms with E-state index in [1.54, 1.807) is 18.6 Å². The van der Waals surface area contributed by atoms with Crippen LogP contribution in [0.1, 0.15) is 38.8 Å². The number of anilines is 1. The van der Waals surface area contributed by atoms with Crippen molar-refractivity contribution in [3.63, 3.8) is 0 Å². The summed E-state index contributed by atoms with van der Waals surface area (Å²) in [4.78, 5) is 24.6. The van der Waals surface area contributed by atoms with E-state index in [0.717, 1.165) is 16.3 Å². The molecule has 0 aliphatic heterocycles. The van der Waals surface area contributed by atoms with Crippen molar-refractivity contribution in [2.24, 2.45) is 5.41 Å². The zero-order chi connectivity index (χ0) is 22.2. The van der Waals surface area contributed by atoms with Crippen LogP contribution in [0, 0.1) is 17.3 Å². The Morgan fingerprint density at radius 3 is 2.68 bits per heavy atom. The van der Waals surface area contributed by atoms with Gasteiger partial charge >= 0.3 is 0 Å². The van der Waals surface area contributed by atoms with Crippen LogP contribution in [0.25, 0.3) is 21.7 Å². The number of nitrogens with one attached hydrogen (secondary N) is 2. The van der Waals surface area contributed by atoms with Gasteiger partial charge in [0.05, 0.1) is 16.5 Å². The van der Waals surface area contributed by atoms with Gasteiger partial charge in [0.25, 0.3) is 5.56 Å². The molecule has 2 radical (unpaired) electrons. The van der Waals surface area contributed by atoms with Crippen molar-refractivity contribution < 1.29 is 0 Å². The Morgan fingerprint density at radius 1 is 1.16 bits per heavy atom. The van der Waals surface area contributed by atoms with Crippen LogP contribution in [0.4, 0.5) is 5.82 Å². The van der Waals surface area contributed by atoms with Gasteiger partial charge in [-0.05, 0) is 29.9 Å². The van der Waals surface area contributed by atoms with E-state index in [1.165, 1.54) is 0 Å². The number of H-pyrrole nitrogens is 1. The number of hydrogen-bond acceptors (Lipinski definition) is 4. The predicted molar refractivity (Wildman–Crippen MR) is 128 cm³/mol. The molecule has 0 aliphatic carbocycles. The lowest BCUT2D eigenvalue weighted by Crippen LogP contribution is -2.31. The van der Waals surface area contributed by atoms with Crippen molar-refractivity contribution in [1.29, 1.82) is 0 Å². The number of fused-ring (bicyclic) bond motifs is 3.